The lowest BCUT2D eigenvalue weighted by molar-refractivity contribution is 0.629. The van der Waals surface area contributed by atoms with E-state index in [-0.39, 0.29) is 5.82 Å². The van der Waals surface area contributed by atoms with Gasteiger partial charge in [-0.05, 0) is 30.2 Å². The van der Waals surface area contributed by atoms with Crippen molar-refractivity contribution in [2.75, 3.05) is 0 Å². The molecule has 1 nitrogen and oxygen atoms in total. The van der Waals surface area contributed by atoms with Gasteiger partial charge in [-0.3, -0.25) is 0 Å². The molecule has 0 saturated heterocycles. The molecule has 0 amide bonds. The third-order valence-electron chi connectivity index (χ3n) is 2.33. The maximum absolute atomic E-state index is 12.9. The van der Waals surface area contributed by atoms with E-state index in [1.165, 1.54) is 12.1 Å². The smallest absolute Gasteiger partial charge is 0.132 e. The van der Waals surface area contributed by atoms with Gasteiger partial charge in [0.2, 0.25) is 0 Å². The highest BCUT2D eigenvalue weighted by Gasteiger charge is 2.04. The Kier molecular flexibility index (Phi) is 2.87. The number of halogens is 2. The predicted molar refractivity (Wildman–Crippen MR) is 60.7 cm³/mol. The minimum absolute atomic E-state index is 0.283. The first-order chi connectivity index (χ1) is 7.20. The summed E-state index contributed by atoms with van der Waals surface area (Å²) in [6, 6.07) is 6.55. The summed E-state index contributed by atoms with van der Waals surface area (Å²) in [5.74, 6) is -0.283. The van der Waals surface area contributed by atoms with Gasteiger partial charge in [0.05, 0.1) is 5.52 Å². The van der Waals surface area contributed by atoms with Gasteiger partial charge in [0, 0.05) is 11.5 Å². The first-order valence-electron chi connectivity index (χ1n) is 4.95. The molecule has 0 aliphatic carbocycles. The fraction of sp³-hybridized carbons (Fsp3) is 0.250. The Labute approximate surface area is 92.9 Å². The van der Waals surface area contributed by atoms with Crippen molar-refractivity contribution in [1.29, 1.82) is 0 Å². The molecule has 0 spiro atoms. The Morgan fingerprint density at radius 3 is 2.87 bits per heavy atom. The largest absolute Gasteiger partial charge is 0.236 e. The van der Waals surface area contributed by atoms with Gasteiger partial charge >= 0.3 is 0 Å². The lowest BCUT2D eigenvalue weighted by Gasteiger charge is -2.04. The van der Waals surface area contributed by atoms with Crippen LogP contribution in [0.3, 0.4) is 0 Å². The quantitative estimate of drug-likeness (QED) is 0.702. The van der Waals surface area contributed by atoms with E-state index in [0.29, 0.717) is 10.7 Å². The molecule has 0 unspecified atom stereocenters. The molecule has 0 atom stereocenters. The van der Waals surface area contributed by atoms with Crippen molar-refractivity contribution in [3.63, 3.8) is 0 Å². The molecule has 0 N–H and O–H groups in total. The molecule has 0 radical (unpaired) electrons. The minimum Gasteiger partial charge on any atom is -0.236 e. The van der Waals surface area contributed by atoms with Crippen molar-refractivity contribution in [3.05, 3.63) is 40.8 Å². The second-order valence-electron chi connectivity index (χ2n) is 3.53. The van der Waals surface area contributed by atoms with Gasteiger partial charge in [0.15, 0.2) is 0 Å². The molecule has 15 heavy (non-hydrogen) atoms. The van der Waals surface area contributed by atoms with Crippen molar-refractivity contribution >= 4 is 22.5 Å². The summed E-state index contributed by atoms with van der Waals surface area (Å²) in [6.45, 7) is 2.09. The number of rotatable bonds is 2. The Bertz CT molecular complexity index is 496. The number of aromatic nitrogens is 1. The average Bonchev–Trinajstić information content (AvgIpc) is 2.20. The summed E-state index contributed by atoms with van der Waals surface area (Å²) < 4.78 is 12.9. The van der Waals surface area contributed by atoms with Crippen LogP contribution in [0, 0.1) is 5.82 Å². The van der Waals surface area contributed by atoms with Crippen LogP contribution in [0.25, 0.3) is 10.9 Å². The predicted octanol–water partition coefficient (Wildman–Crippen LogP) is 3.98. The van der Waals surface area contributed by atoms with Gasteiger partial charge < -0.3 is 0 Å². The number of nitrogens with zero attached hydrogens (tertiary/aromatic N) is 1. The lowest BCUT2D eigenvalue weighted by atomic mass is 10.1. The topological polar surface area (TPSA) is 12.9 Å². The molecular weight excluding hydrogens is 213 g/mol. The van der Waals surface area contributed by atoms with E-state index in [1.807, 2.05) is 6.07 Å². The number of hydrogen-bond donors (Lipinski definition) is 0. The molecule has 0 fully saturated rings. The second-order valence-corrected chi connectivity index (χ2v) is 3.88. The van der Waals surface area contributed by atoms with Crippen LogP contribution in [0.2, 0.25) is 5.15 Å². The second kappa shape index (κ2) is 4.15. The summed E-state index contributed by atoms with van der Waals surface area (Å²) in [6.07, 6.45) is 1.92. The summed E-state index contributed by atoms with van der Waals surface area (Å²) in [5.41, 5.74) is 1.64. The number of fused-ring (bicyclic) bond motifs is 1. The van der Waals surface area contributed by atoms with Crippen molar-refractivity contribution in [2.45, 2.75) is 19.8 Å². The van der Waals surface area contributed by atoms with Crippen LogP contribution in [-0.4, -0.2) is 4.98 Å². The number of aryl methyl sites for hydroxylation is 1. The number of hydrogen-bond acceptors (Lipinski definition) is 1. The molecule has 0 aliphatic heterocycles. The Hall–Kier alpha value is -1.15. The SMILES string of the molecule is CCCc1cc2ccc(F)cc2nc1Cl. The van der Waals surface area contributed by atoms with Gasteiger partial charge in [-0.1, -0.05) is 24.9 Å². The monoisotopic (exact) mass is 223 g/mol. The summed E-state index contributed by atoms with van der Waals surface area (Å²) in [7, 11) is 0. The van der Waals surface area contributed by atoms with Crippen LogP contribution in [0.15, 0.2) is 24.3 Å². The van der Waals surface area contributed by atoms with Crippen molar-refractivity contribution in [3.8, 4) is 0 Å². The van der Waals surface area contributed by atoms with E-state index >= 15 is 0 Å². The molecule has 1 aromatic heterocycles. The zero-order valence-corrected chi connectivity index (χ0v) is 9.18. The van der Waals surface area contributed by atoms with Gasteiger partial charge in [-0.15, -0.1) is 0 Å². The highest BCUT2D eigenvalue weighted by Crippen LogP contribution is 2.22. The standard InChI is InChI=1S/C12H11ClFN/c1-2-3-9-6-8-4-5-10(14)7-11(8)15-12(9)13/h4-7H,2-3H2,1H3. The van der Waals surface area contributed by atoms with E-state index in [2.05, 4.69) is 11.9 Å². The zero-order chi connectivity index (χ0) is 10.8. The highest BCUT2D eigenvalue weighted by atomic mass is 35.5. The molecule has 0 bridgehead atoms. The Morgan fingerprint density at radius 2 is 2.13 bits per heavy atom. The van der Waals surface area contributed by atoms with E-state index in [4.69, 9.17) is 11.6 Å². The van der Waals surface area contributed by atoms with E-state index in [1.54, 1.807) is 6.07 Å². The normalized spacial score (nSPS) is 10.9. The van der Waals surface area contributed by atoms with E-state index in [9.17, 15) is 4.39 Å². The first kappa shape index (κ1) is 10.4. The van der Waals surface area contributed by atoms with Crippen LogP contribution in [0.1, 0.15) is 18.9 Å². The Morgan fingerprint density at radius 1 is 1.33 bits per heavy atom. The fourth-order valence-corrected chi connectivity index (χ4v) is 1.85. The van der Waals surface area contributed by atoms with Crippen molar-refractivity contribution in [2.24, 2.45) is 0 Å². The maximum atomic E-state index is 12.9. The average molecular weight is 224 g/mol. The number of pyridine rings is 1. The van der Waals surface area contributed by atoms with Crippen LogP contribution < -0.4 is 0 Å². The van der Waals surface area contributed by atoms with Gasteiger partial charge in [-0.25, -0.2) is 9.37 Å². The van der Waals surface area contributed by atoms with Gasteiger partial charge in [0.25, 0.3) is 0 Å². The highest BCUT2D eigenvalue weighted by molar-refractivity contribution is 6.30. The van der Waals surface area contributed by atoms with Crippen molar-refractivity contribution < 1.29 is 4.39 Å². The van der Waals surface area contributed by atoms with Gasteiger partial charge in [0.1, 0.15) is 11.0 Å². The van der Waals surface area contributed by atoms with Crippen molar-refractivity contribution in [1.82, 2.24) is 4.98 Å². The summed E-state index contributed by atoms with van der Waals surface area (Å²) in [4.78, 5) is 4.18. The molecule has 0 saturated carbocycles. The summed E-state index contributed by atoms with van der Waals surface area (Å²) >= 11 is 6.00. The third-order valence-corrected chi connectivity index (χ3v) is 2.65. The van der Waals surface area contributed by atoms with Crippen LogP contribution in [0.5, 0.6) is 0 Å². The molecule has 3 heteroatoms. The first-order valence-corrected chi connectivity index (χ1v) is 5.33. The zero-order valence-electron chi connectivity index (χ0n) is 8.43. The molecule has 2 aromatic rings. The molecular formula is C12H11ClFN. The van der Waals surface area contributed by atoms with E-state index in [0.717, 1.165) is 23.8 Å². The molecule has 78 valence electrons. The molecule has 2 rings (SSSR count). The Balaban J connectivity index is 2.60. The minimum atomic E-state index is -0.283. The van der Waals surface area contributed by atoms with Crippen LogP contribution in [0.4, 0.5) is 4.39 Å². The maximum Gasteiger partial charge on any atom is 0.132 e. The molecule has 1 heterocycles. The number of benzene rings is 1. The lowest BCUT2D eigenvalue weighted by Crippen LogP contribution is -1.90. The molecule has 0 aliphatic rings. The van der Waals surface area contributed by atoms with Crippen LogP contribution in [-0.2, 0) is 6.42 Å². The summed E-state index contributed by atoms with van der Waals surface area (Å²) in [5, 5.41) is 1.42. The third kappa shape index (κ3) is 2.10. The fourth-order valence-electron chi connectivity index (χ4n) is 1.61. The van der Waals surface area contributed by atoms with Gasteiger partial charge in [-0.2, -0.15) is 0 Å². The van der Waals surface area contributed by atoms with E-state index < -0.39 is 0 Å². The van der Waals surface area contributed by atoms with Crippen LogP contribution >= 0.6 is 11.6 Å². The molecule has 1 aromatic carbocycles.